The molecule has 3 heterocycles. The Morgan fingerprint density at radius 2 is 1.80 bits per heavy atom. The molecular weight excluding hydrogens is 452 g/mol. The highest BCUT2D eigenvalue weighted by Gasteiger charge is 2.27. The first kappa shape index (κ1) is 21.8. The van der Waals surface area contributed by atoms with Gasteiger partial charge in [-0.15, -0.1) is 0 Å². The average Bonchev–Trinajstić information content (AvgIpc) is 3.46. The molecule has 4 aromatic rings. The first-order valence-corrected chi connectivity index (χ1v) is 11.8. The largest absolute Gasteiger partial charge is 0.378 e. The van der Waals surface area contributed by atoms with Crippen molar-refractivity contribution in [1.29, 1.82) is 0 Å². The van der Waals surface area contributed by atoms with Crippen LogP contribution in [0.15, 0.2) is 42.5 Å². The summed E-state index contributed by atoms with van der Waals surface area (Å²) in [5, 5.41) is 3.45. The Morgan fingerprint density at radius 3 is 2.63 bits per heavy atom. The van der Waals surface area contributed by atoms with E-state index in [0.29, 0.717) is 49.2 Å². The first-order chi connectivity index (χ1) is 17.1. The Morgan fingerprint density at radius 1 is 1.00 bits per heavy atom. The predicted molar refractivity (Wildman–Crippen MR) is 128 cm³/mol. The summed E-state index contributed by atoms with van der Waals surface area (Å²) in [6.45, 7) is 4.41. The number of nitrogens with zero attached hydrogens (tertiary/aromatic N) is 6. The van der Waals surface area contributed by atoms with Gasteiger partial charge < -0.3 is 15.0 Å². The predicted octanol–water partition coefficient (Wildman–Crippen LogP) is 4.39. The first-order valence-electron chi connectivity index (χ1n) is 11.8. The number of fused-ring (bicyclic) bond motifs is 2. The molecule has 1 N–H and O–H groups in total. The zero-order valence-electron chi connectivity index (χ0n) is 19.3. The van der Waals surface area contributed by atoms with Crippen LogP contribution in [0.1, 0.15) is 41.4 Å². The fourth-order valence-corrected chi connectivity index (χ4v) is 4.88. The number of halogens is 2. The summed E-state index contributed by atoms with van der Waals surface area (Å²) in [6.07, 6.45) is -0.916. The minimum Gasteiger partial charge on any atom is -0.378 e. The van der Waals surface area contributed by atoms with Gasteiger partial charge in [0.05, 0.1) is 30.3 Å². The van der Waals surface area contributed by atoms with Crippen LogP contribution in [0.5, 0.6) is 0 Å². The number of hydrogen-bond donors (Lipinski definition) is 1. The molecule has 2 aromatic heterocycles. The number of anilines is 2. The van der Waals surface area contributed by atoms with Crippen LogP contribution in [0.3, 0.4) is 0 Å². The van der Waals surface area contributed by atoms with E-state index < -0.39 is 12.2 Å². The lowest BCUT2D eigenvalue weighted by molar-refractivity contribution is 0.122. The van der Waals surface area contributed by atoms with Crippen molar-refractivity contribution in [3.8, 4) is 5.95 Å². The summed E-state index contributed by atoms with van der Waals surface area (Å²) in [7, 11) is 0. The minimum atomic E-state index is -2.78. The molecular formula is C25H25F2N7O. The molecule has 2 aromatic carbocycles. The van der Waals surface area contributed by atoms with Gasteiger partial charge in [-0.25, -0.2) is 13.8 Å². The van der Waals surface area contributed by atoms with Crippen LogP contribution in [0, 0.1) is 6.92 Å². The van der Waals surface area contributed by atoms with Gasteiger partial charge in [-0.05, 0) is 43.0 Å². The second-order valence-corrected chi connectivity index (χ2v) is 8.89. The van der Waals surface area contributed by atoms with E-state index in [9.17, 15) is 8.78 Å². The van der Waals surface area contributed by atoms with Crippen LogP contribution in [0.4, 0.5) is 20.7 Å². The molecule has 180 valence electrons. The molecule has 1 atom stereocenters. The van der Waals surface area contributed by atoms with Crippen LogP contribution >= 0.6 is 0 Å². The van der Waals surface area contributed by atoms with Crippen LogP contribution in [-0.2, 0) is 11.2 Å². The van der Waals surface area contributed by atoms with Crippen molar-refractivity contribution < 1.29 is 13.5 Å². The Hall–Kier alpha value is -3.66. The molecule has 0 radical (unpaired) electrons. The molecule has 8 nitrogen and oxygen atoms in total. The van der Waals surface area contributed by atoms with Gasteiger partial charge in [-0.1, -0.05) is 35.9 Å². The Balaban J connectivity index is 1.46. The van der Waals surface area contributed by atoms with Gasteiger partial charge in [0.15, 0.2) is 5.82 Å². The number of aromatic nitrogens is 5. The smallest absolute Gasteiger partial charge is 0.296 e. The van der Waals surface area contributed by atoms with E-state index >= 15 is 0 Å². The summed E-state index contributed by atoms with van der Waals surface area (Å²) in [5.74, 6) is 0.516. The molecule has 0 amide bonds. The van der Waals surface area contributed by atoms with Crippen molar-refractivity contribution in [3.63, 3.8) is 0 Å². The lowest BCUT2D eigenvalue weighted by Gasteiger charge is -2.27. The fraction of sp³-hybridized carbons (Fsp3) is 0.360. The van der Waals surface area contributed by atoms with E-state index in [-0.39, 0.29) is 12.0 Å². The second-order valence-electron chi connectivity index (χ2n) is 8.89. The molecule has 1 fully saturated rings. The Bertz CT molecular complexity index is 1380. The normalized spacial score (nSPS) is 17.8. The minimum absolute atomic E-state index is 0.0347. The maximum absolute atomic E-state index is 14.0. The molecule has 35 heavy (non-hydrogen) atoms. The zero-order valence-corrected chi connectivity index (χ0v) is 19.3. The highest BCUT2D eigenvalue weighted by Crippen LogP contribution is 2.34. The number of imidazole rings is 1. The molecule has 0 spiro atoms. The summed E-state index contributed by atoms with van der Waals surface area (Å²) in [5.41, 5.74) is 4.74. The van der Waals surface area contributed by atoms with Gasteiger partial charge in [0.25, 0.3) is 6.43 Å². The lowest BCUT2D eigenvalue weighted by Crippen LogP contribution is -2.37. The van der Waals surface area contributed by atoms with Crippen molar-refractivity contribution in [3.05, 3.63) is 65.0 Å². The number of benzene rings is 2. The van der Waals surface area contributed by atoms with E-state index in [1.54, 1.807) is 24.3 Å². The maximum Gasteiger partial charge on any atom is 0.296 e. The molecule has 2 aliphatic rings. The van der Waals surface area contributed by atoms with Crippen molar-refractivity contribution in [2.75, 3.05) is 36.5 Å². The summed E-state index contributed by atoms with van der Waals surface area (Å²) < 4.78 is 34.9. The second kappa shape index (κ2) is 8.84. The number of nitrogens with one attached hydrogen (secondary N) is 1. The molecule has 1 saturated heterocycles. The number of alkyl halides is 2. The van der Waals surface area contributed by atoms with Gasteiger partial charge in [-0.3, -0.25) is 4.57 Å². The van der Waals surface area contributed by atoms with Gasteiger partial charge in [-0.2, -0.15) is 15.0 Å². The SMILES string of the molecule is Cc1ccc2c(c1)CCC2Nc1nc(N2CCOCC2)nc(-n2c(C(F)F)nc3ccccc32)n1. The van der Waals surface area contributed by atoms with Crippen LogP contribution in [-0.4, -0.2) is 50.8 Å². The zero-order chi connectivity index (χ0) is 23.9. The highest BCUT2D eigenvalue weighted by atomic mass is 19.3. The molecule has 0 bridgehead atoms. The van der Waals surface area contributed by atoms with Crippen LogP contribution in [0.2, 0.25) is 0 Å². The molecule has 6 rings (SSSR count). The van der Waals surface area contributed by atoms with E-state index in [1.165, 1.54) is 21.3 Å². The Labute approximate surface area is 201 Å². The summed E-state index contributed by atoms with van der Waals surface area (Å²) in [6, 6.07) is 13.5. The third kappa shape index (κ3) is 4.07. The van der Waals surface area contributed by atoms with Gasteiger partial charge in [0.1, 0.15) is 0 Å². The van der Waals surface area contributed by atoms with E-state index in [4.69, 9.17) is 9.72 Å². The molecule has 1 unspecified atom stereocenters. The summed E-state index contributed by atoms with van der Waals surface area (Å²) >= 11 is 0. The number of rotatable bonds is 5. The van der Waals surface area contributed by atoms with E-state index in [0.717, 1.165) is 12.8 Å². The van der Waals surface area contributed by atoms with Crippen LogP contribution in [0.25, 0.3) is 17.0 Å². The monoisotopic (exact) mass is 477 g/mol. The van der Waals surface area contributed by atoms with Crippen LogP contribution < -0.4 is 10.2 Å². The lowest BCUT2D eigenvalue weighted by atomic mass is 10.1. The molecule has 10 heteroatoms. The Kier molecular flexibility index (Phi) is 5.52. The van der Waals surface area contributed by atoms with Gasteiger partial charge in [0.2, 0.25) is 17.8 Å². The van der Waals surface area contributed by atoms with Gasteiger partial charge >= 0.3 is 0 Å². The van der Waals surface area contributed by atoms with E-state index in [1.807, 2.05) is 4.90 Å². The van der Waals surface area contributed by atoms with Crippen molar-refractivity contribution in [2.24, 2.45) is 0 Å². The number of aryl methyl sites for hydroxylation is 2. The highest BCUT2D eigenvalue weighted by molar-refractivity contribution is 5.77. The third-order valence-corrected chi connectivity index (χ3v) is 6.57. The topological polar surface area (TPSA) is 81.0 Å². The average molecular weight is 478 g/mol. The van der Waals surface area contributed by atoms with Crippen molar-refractivity contribution >= 4 is 22.9 Å². The molecule has 1 aliphatic carbocycles. The number of para-hydroxylation sites is 2. The number of hydrogen-bond acceptors (Lipinski definition) is 7. The van der Waals surface area contributed by atoms with Crippen molar-refractivity contribution in [2.45, 2.75) is 32.2 Å². The molecule has 0 saturated carbocycles. The standard InChI is InChI=1S/C25H25F2N7O/c1-15-6-8-17-16(14-15)7-9-18(17)29-23-30-24(33-10-12-35-13-11-33)32-25(31-23)34-20-5-3-2-4-19(20)28-22(34)21(26)27/h2-6,8,14,18,21H,7,9-13H2,1H3,(H,29,30,31,32). The number of morpholine rings is 1. The van der Waals surface area contributed by atoms with E-state index in [2.05, 4.69) is 45.4 Å². The molecule has 1 aliphatic heterocycles. The third-order valence-electron chi connectivity index (χ3n) is 6.57. The fourth-order valence-electron chi connectivity index (χ4n) is 4.88. The maximum atomic E-state index is 14.0. The summed E-state index contributed by atoms with van der Waals surface area (Å²) in [4.78, 5) is 20.1. The number of ether oxygens (including phenoxy) is 1. The van der Waals surface area contributed by atoms with Crippen molar-refractivity contribution in [1.82, 2.24) is 24.5 Å². The quantitative estimate of drug-likeness (QED) is 0.457. The van der Waals surface area contributed by atoms with Gasteiger partial charge in [0, 0.05) is 13.1 Å².